The van der Waals surface area contributed by atoms with Crippen molar-refractivity contribution in [3.05, 3.63) is 33.8 Å². The Hall–Kier alpha value is -1.10. The average molecular weight is 289 g/mol. The number of rotatable bonds is 5. The molecule has 18 heavy (non-hydrogen) atoms. The molecule has 0 heterocycles. The van der Waals surface area contributed by atoms with E-state index < -0.39 is 6.10 Å². The molecule has 2 N–H and O–H groups in total. The van der Waals surface area contributed by atoms with Gasteiger partial charge < -0.3 is 5.11 Å². The first-order valence-corrected chi connectivity index (χ1v) is 6.19. The Balaban J connectivity index is 2.47. The van der Waals surface area contributed by atoms with Gasteiger partial charge in [-0.05, 0) is 25.5 Å². The zero-order chi connectivity index (χ0) is 13.5. The molecule has 0 aromatic heterocycles. The van der Waals surface area contributed by atoms with E-state index in [0.717, 1.165) is 0 Å². The van der Waals surface area contributed by atoms with Crippen LogP contribution in [0.2, 0.25) is 10.0 Å². The van der Waals surface area contributed by atoms with Gasteiger partial charge in [-0.2, -0.15) is 5.10 Å². The maximum atomic E-state index is 11.3. The van der Waals surface area contributed by atoms with Gasteiger partial charge in [-0.1, -0.05) is 29.3 Å². The van der Waals surface area contributed by atoms with Gasteiger partial charge in [0.25, 0.3) is 0 Å². The molecule has 0 saturated heterocycles. The smallest absolute Gasteiger partial charge is 0.240 e. The van der Waals surface area contributed by atoms with Crippen LogP contribution in [0, 0.1) is 0 Å². The minimum atomic E-state index is -0.495. The molecule has 1 unspecified atom stereocenters. The molecule has 4 nitrogen and oxygen atoms in total. The summed E-state index contributed by atoms with van der Waals surface area (Å²) in [6.45, 7) is 1.63. The van der Waals surface area contributed by atoms with E-state index in [1.165, 1.54) is 6.21 Å². The summed E-state index contributed by atoms with van der Waals surface area (Å²) in [6.07, 6.45) is 1.58. The lowest BCUT2D eigenvalue weighted by atomic mass is 10.2. The second-order valence-corrected chi connectivity index (χ2v) is 4.69. The molecule has 1 amide bonds. The number of aliphatic hydroxyl groups excluding tert-OH is 1. The van der Waals surface area contributed by atoms with E-state index in [1.54, 1.807) is 25.1 Å². The highest BCUT2D eigenvalue weighted by atomic mass is 35.5. The van der Waals surface area contributed by atoms with E-state index in [1.807, 2.05) is 0 Å². The van der Waals surface area contributed by atoms with Crippen molar-refractivity contribution < 1.29 is 9.90 Å². The van der Waals surface area contributed by atoms with Gasteiger partial charge in [-0.25, -0.2) is 5.43 Å². The third-order valence-electron chi connectivity index (χ3n) is 2.14. The minimum Gasteiger partial charge on any atom is -0.393 e. The van der Waals surface area contributed by atoms with E-state index in [9.17, 15) is 4.79 Å². The van der Waals surface area contributed by atoms with Gasteiger partial charge in [0, 0.05) is 17.0 Å². The fraction of sp³-hybridized carbons (Fsp3) is 0.333. The number of carbonyl (C=O) groups excluding carboxylic acids is 1. The third kappa shape index (κ3) is 5.49. The Morgan fingerprint density at radius 2 is 2.28 bits per heavy atom. The molecule has 0 fully saturated rings. The molecular weight excluding hydrogens is 275 g/mol. The molecule has 0 aliphatic carbocycles. The Bertz CT molecular complexity index is 448. The van der Waals surface area contributed by atoms with Gasteiger partial charge >= 0.3 is 0 Å². The number of hydrogen-bond donors (Lipinski definition) is 2. The molecule has 0 aliphatic heterocycles. The number of amides is 1. The normalized spacial score (nSPS) is 12.7. The minimum absolute atomic E-state index is 0.226. The quantitative estimate of drug-likeness (QED) is 0.646. The van der Waals surface area contributed by atoms with Crippen LogP contribution in [0.3, 0.4) is 0 Å². The lowest BCUT2D eigenvalue weighted by molar-refractivity contribution is -0.121. The Kier molecular flexibility index (Phi) is 6.12. The molecule has 6 heteroatoms. The van der Waals surface area contributed by atoms with Gasteiger partial charge in [0.15, 0.2) is 0 Å². The molecule has 1 atom stereocenters. The van der Waals surface area contributed by atoms with Crippen LogP contribution in [0.5, 0.6) is 0 Å². The molecule has 0 saturated carbocycles. The standard InChI is InChI=1S/C12H14Cl2N2O2/c1-8(17)2-5-12(18)16-15-7-9-3-4-10(13)6-11(9)14/h3-4,6-8,17H,2,5H2,1H3,(H,16,18)/b15-7+. The van der Waals surface area contributed by atoms with Gasteiger partial charge in [-0.3, -0.25) is 4.79 Å². The summed E-state index contributed by atoms with van der Waals surface area (Å²) in [7, 11) is 0. The maximum Gasteiger partial charge on any atom is 0.240 e. The van der Waals surface area contributed by atoms with Crippen LogP contribution in [0.25, 0.3) is 0 Å². The molecular formula is C12H14Cl2N2O2. The number of halogens is 2. The number of hydrazone groups is 1. The highest BCUT2D eigenvalue weighted by Crippen LogP contribution is 2.19. The molecule has 1 rings (SSSR count). The van der Waals surface area contributed by atoms with Crippen molar-refractivity contribution in [3.63, 3.8) is 0 Å². The zero-order valence-electron chi connectivity index (χ0n) is 9.86. The average Bonchev–Trinajstić information content (AvgIpc) is 2.29. The van der Waals surface area contributed by atoms with Crippen molar-refractivity contribution in [2.45, 2.75) is 25.9 Å². The highest BCUT2D eigenvalue weighted by Gasteiger charge is 2.03. The number of nitrogens with zero attached hydrogens (tertiary/aromatic N) is 1. The fourth-order valence-corrected chi connectivity index (χ4v) is 1.63. The van der Waals surface area contributed by atoms with Crippen LogP contribution >= 0.6 is 23.2 Å². The van der Waals surface area contributed by atoms with Crippen molar-refractivity contribution in [2.75, 3.05) is 0 Å². The van der Waals surface area contributed by atoms with Gasteiger partial charge in [-0.15, -0.1) is 0 Å². The number of benzene rings is 1. The largest absolute Gasteiger partial charge is 0.393 e. The topological polar surface area (TPSA) is 61.7 Å². The van der Waals surface area contributed by atoms with Crippen LogP contribution in [0.15, 0.2) is 23.3 Å². The lowest BCUT2D eigenvalue weighted by Gasteiger charge is -2.02. The second kappa shape index (κ2) is 7.36. The number of aliphatic hydroxyl groups is 1. The molecule has 98 valence electrons. The predicted molar refractivity (Wildman–Crippen MR) is 73.1 cm³/mol. The highest BCUT2D eigenvalue weighted by molar-refractivity contribution is 6.36. The van der Waals surface area contributed by atoms with E-state index >= 15 is 0 Å². The summed E-state index contributed by atoms with van der Waals surface area (Å²) in [5.41, 5.74) is 3.02. The van der Waals surface area contributed by atoms with Gasteiger partial charge in [0.05, 0.1) is 17.3 Å². The van der Waals surface area contributed by atoms with Crippen molar-refractivity contribution in [1.82, 2.24) is 5.43 Å². The summed E-state index contributed by atoms with van der Waals surface area (Å²) < 4.78 is 0. The van der Waals surface area contributed by atoms with Gasteiger partial charge in [0.1, 0.15) is 0 Å². The molecule has 0 radical (unpaired) electrons. The maximum absolute atomic E-state index is 11.3. The van der Waals surface area contributed by atoms with Crippen LogP contribution in [0.1, 0.15) is 25.3 Å². The van der Waals surface area contributed by atoms with Crippen LogP contribution < -0.4 is 5.43 Å². The zero-order valence-corrected chi connectivity index (χ0v) is 11.4. The second-order valence-electron chi connectivity index (χ2n) is 3.85. The lowest BCUT2D eigenvalue weighted by Crippen LogP contribution is -2.18. The van der Waals surface area contributed by atoms with Crippen molar-refractivity contribution in [3.8, 4) is 0 Å². The fourth-order valence-electron chi connectivity index (χ4n) is 1.18. The van der Waals surface area contributed by atoms with E-state index in [-0.39, 0.29) is 12.3 Å². The van der Waals surface area contributed by atoms with Crippen molar-refractivity contribution in [2.24, 2.45) is 5.10 Å². The summed E-state index contributed by atoms with van der Waals surface area (Å²) in [5.74, 6) is -0.253. The summed E-state index contributed by atoms with van der Waals surface area (Å²) in [6, 6.07) is 4.99. The molecule has 1 aromatic rings. The number of nitrogens with one attached hydrogen (secondary N) is 1. The summed E-state index contributed by atoms with van der Waals surface area (Å²) >= 11 is 11.7. The van der Waals surface area contributed by atoms with E-state index in [2.05, 4.69) is 10.5 Å². The van der Waals surface area contributed by atoms with Crippen LogP contribution in [0.4, 0.5) is 0 Å². The Labute approximate surface area is 116 Å². The van der Waals surface area contributed by atoms with Crippen molar-refractivity contribution in [1.29, 1.82) is 0 Å². The van der Waals surface area contributed by atoms with Crippen LogP contribution in [-0.4, -0.2) is 23.3 Å². The molecule has 0 aliphatic rings. The van der Waals surface area contributed by atoms with Crippen LogP contribution in [-0.2, 0) is 4.79 Å². The Morgan fingerprint density at radius 3 is 2.89 bits per heavy atom. The first-order valence-electron chi connectivity index (χ1n) is 5.44. The molecule has 1 aromatic carbocycles. The Morgan fingerprint density at radius 1 is 1.56 bits per heavy atom. The van der Waals surface area contributed by atoms with Gasteiger partial charge in [0.2, 0.25) is 5.91 Å². The monoisotopic (exact) mass is 288 g/mol. The predicted octanol–water partition coefficient (Wildman–Crippen LogP) is 2.60. The molecule has 0 spiro atoms. The van der Waals surface area contributed by atoms with E-state index in [0.29, 0.717) is 22.0 Å². The summed E-state index contributed by atoms with van der Waals surface area (Å²) in [4.78, 5) is 11.3. The number of hydrogen-bond acceptors (Lipinski definition) is 3. The van der Waals surface area contributed by atoms with E-state index in [4.69, 9.17) is 28.3 Å². The molecule has 0 bridgehead atoms. The van der Waals surface area contributed by atoms with Crippen molar-refractivity contribution >= 4 is 35.3 Å². The summed E-state index contributed by atoms with van der Waals surface area (Å²) in [5, 5.41) is 13.8. The number of carbonyl (C=O) groups is 1. The first-order chi connectivity index (χ1) is 8.49. The first kappa shape index (κ1) is 15.0. The SMILES string of the molecule is CC(O)CCC(=O)N/N=C/c1ccc(Cl)cc1Cl. The third-order valence-corrected chi connectivity index (χ3v) is 2.71.